The summed E-state index contributed by atoms with van der Waals surface area (Å²) in [4.78, 5) is 0. The zero-order valence-electron chi connectivity index (χ0n) is 7.43. The Kier molecular flexibility index (Phi) is 2.13. The van der Waals surface area contributed by atoms with Crippen LogP contribution in [0.4, 0.5) is 0 Å². The molecule has 2 rings (SSSR count). The summed E-state index contributed by atoms with van der Waals surface area (Å²) < 4.78 is 0. The molecule has 0 bridgehead atoms. The topological polar surface area (TPSA) is 12.0 Å². The van der Waals surface area contributed by atoms with Crippen LogP contribution < -0.4 is 5.32 Å². The van der Waals surface area contributed by atoms with Crippen LogP contribution in [0.3, 0.4) is 0 Å². The van der Waals surface area contributed by atoms with E-state index < -0.39 is 0 Å². The molecule has 0 aromatic heterocycles. The van der Waals surface area contributed by atoms with Gasteiger partial charge in [-0.05, 0) is 43.0 Å². The van der Waals surface area contributed by atoms with E-state index in [1.807, 2.05) is 6.07 Å². The Morgan fingerprint density at radius 1 is 1.58 bits per heavy atom. The van der Waals surface area contributed by atoms with Crippen LogP contribution in [-0.4, -0.2) is 13.1 Å². The van der Waals surface area contributed by atoms with Gasteiger partial charge in [0.2, 0.25) is 0 Å². The lowest BCUT2D eigenvalue weighted by Crippen LogP contribution is -2.08. The largest absolute Gasteiger partial charge is 0.316 e. The van der Waals surface area contributed by atoms with E-state index in [1.54, 1.807) is 0 Å². The number of rotatable bonds is 1. The maximum atomic E-state index is 3.38. The average molecular weight is 160 g/mol. The smallest absolute Gasteiger partial charge is 0.00209 e. The molecule has 12 heavy (non-hydrogen) atoms. The van der Waals surface area contributed by atoms with Crippen molar-refractivity contribution in [3.63, 3.8) is 0 Å². The third-order valence-corrected chi connectivity index (χ3v) is 2.57. The molecule has 0 aliphatic carbocycles. The van der Waals surface area contributed by atoms with Crippen LogP contribution in [0.2, 0.25) is 0 Å². The molecule has 1 atom stereocenters. The summed E-state index contributed by atoms with van der Waals surface area (Å²) >= 11 is 0. The van der Waals surface area contributed by atoms with E-state index >= 15 is 0 Å². The van der Waals surface area contributed by atoms with Crippen molar-refractivity contribution in [3.05, 3.63) is 35.4 Å². The van der Waals surface area contributed by atoms with Gasteiger partial charge in [0, 0.05) is 6.54 Å². The van der Waals surface area contributed by atoms with Crippen LogP contribution in [0.1, 0.15) is 23.5 Å². The lowest BCUT2D eigenvalue weighted by Gasteiger charge is -2.10. The predicted molar refractivity (Wildman–Crippen MR) is 50.2 cm³/mol. The first-order valence-electron chi connectivity index (χ1n) is 4.56. The van der Waals surface area contributed by atoms with Crippen molar-refractivity contribution in [2.24, 2.45) is 0 Å². The maximum Gasteiger partial charge on any atom is 0.00209 e. The molecule has 1 radical (unpaired) electrons. The summed E-state index contributed by atoms with van der Waals surface area (Å²) in [6.45, 7) is 4.46. The molecule has 1 heterocycles. The standard InChI is InChI=1S/C11H14N/c1-9-4-2-3-5-11(9)10-6-7-12-8-10/h2-4,10,12H,6-8H2,1H3. The van der Waals surface area contributed by atoms with Crippen molar-refractivity contribution in [2.75, 3.05) is 13.1 Å². The second-order valence-electron chi connectivity index (χ2n) is 3.46. The Morgan fingerprint density at radius 2 is 2.50 bits per heavy atom. The van der Waals surface area contributed by atoms with Gasteiger partial charge in [0.05, 0.1) is 0 Å². The van der Waals surface area contributed by atoms with Crippen LogP contribution in [0.15, 0.2) is 18.2 Å². The van der Waals surface area contributed by atoms with Gasteiger partial charge in [0.25, 0.3) is 0 Å². The van der Waals surface area contributed by atoms with E-state index in [2.05, 4.69) is 30.4 Å². The van der Waals surface area contributed by atoms with E-state index in [9.17, 15) is 0 Å². The molecule has 1 saturated heterocycles. The van der Waals surface area contributed by atoms with E-state index in [0.717, 1.165) is 13.1 Å². The zero-order valence-corrected chi connectivity index (χ0v) is 7.43. The van der Waals surface area contributed by atoms with Crippen LogP contribution in [-0.2, 0) is 0 Å². The first-order valence-corrected chi connectivity index (χ1v) is 4.56. The third kappa shape index (κ3) is 1.37. The number of hydrogen-bond acceptors (Lipinski definition) is 1. The summed E-state index contributed by atoms with van der Waals surface area (Å²) in [6.07, 6.45) is 1.27. The van der Waals surface area contributed by atoms with Crippen LogP contribution in [0.5, 0.6) is 0 Å². The lowest BCUT2D eigenvalue weighted by atomic mass is 9.94. The van der Waals surface area contributed by atoms with Crippen molar-refractivity contribution >= 4 is 0 Å². The van der Waals surface area contributed by atoms with Crippen LogP contribution >= 0.6 is 0 Å². The fourth-order valence-electron chi connectivity index (χ4n) is 1.87. The Bertz CT molecular complexity index is 261. The number of aryl methyl sites for hydroxylation is 1. The first kappa shape index (κ1) is 7.81. The Balaban J connectivity index is 2.26. The maximum absolute atomic E-state index is 3.38. The molecule has 1 aromatic rings. The SMILES string of the molecule is Cc1ccc[c]c1C1CCNC1. The average Bonchev–Trinajstić information content (AvgIpc) is 2.57. The van der Waals surface area contributed by atoms with Gasteiger partial charge in [-0.3, -0.25) is 0 Å². The molecule has 1 unspecified atom stereocenters. The normalized spacial score (nSPS) is 22.9. The Hall–Kier alpha value is -0.820. The molecule has 1 N–H and O–H groups in total. The van der Waals surface area contributed by atoms with Crippen molar-refractivity contribution in [2.45, 2.75) is 19.3 Å². The number of benzene rings is 1. The molecule has 1 aliphatic rings. The molecule has 0 spiro atoms. The highest BCUT2D eigenvalue weighted by atomic mass is 14.9. The fourth-order valence-corrected chi connectivity index (χ4v) is 1.87. The highest BCUT2D eigenvalue weighted by Crippen LogP contribution is 2.24. The molecule has 1 aromatic carbocycles. The molecule has 63 valence electrons. The molecule has 0 amide bonds. The predicted octanol–water partition coefficient (Wildman–Crippen LogP) is 1.87. The number of nitrogens with one attached hydrogen (secondary N) is 1. The summed E-state index contributed by atoms with van der Waals surface area (Å²) in [5, 5.41) is 3.38. The highest BCUT2D eigenvalue weighted by Gasteiger charge is 2.17. The molecule has 1 heteroatoms. The molecule has 1 nitrogen and oxygen atoms in total. The summed E-state index contributed by atoms with van der Waals surface area (Å²) in [5.41, 5.74) is 2.79. The van der Waals surface area contributed by atoms with Gasteiger partial charge >= 0.3 is 0 Å². The van der Waals surface area contributed by atoms with E-state index in [0.29, 0.717) is 5.92 Å². The first-order chi connectivity index (χ1) is 5.88. The molecular formula is C11H14N. The molecule has 1 fully saturated rings. The molecular weight excluding hydrogens is 146 g/mol. The van der Waals surface area contributed by atoms with Gasteiger partial charge < -0.3 is 5.32 Å². The number of hydrogen-bond donors (Lipinski definition) is 1. The molecule has 1 aliphatic heterocycles. The molecule has 0 saturated carbocycles. The minimum Gasteiger partial charge on any atom is -0.316 e. The minimum absolute atomic E-state index is 0.700. The van der Waals surface area contributed by atoms with Gasteiger partial charge in [-0.25, -0.2) is 0 Å². The van der Waals surface area contributed by atoms with Crippen LogP contribution in [0, 0.1) is 13.0 Å². The lowest BCUT2D eigenvalue weighted by molar-refractivity contribution is 0.756. The fraction of sp³-hybridized carbons (Fsp3) is 0.455. The van der Waals surface area contributed by atoms with Crippen LogP contribution in [0.25, 0.3) is 0 Å². The second kappa shape index (κ2) is 3.28. The monoisotopic (exact) mass is 160 g/mol. The quantitative estimate of drug-likeness (QED) is 0.661. The van der Waals surface area contributed by atoms with E-state index in [1.165, 1.54) is 17.5 Å². The summed E-state index contributed by atoms with van der Waals surface area (Å²) in [5.74, 6) is 0.700. The van der Waals surface area contributed by atoms with Gasteiger partial charge in [-0.15, -0.1) is 0 Å². The van der Waals surface area contributed by atoms with E-state index in [-0.39, 0.29) is 0 Å². The second-order valence-corrected chi connectivity index (χ2v) is 3.46. The highest BCUT2D eigenvalue weighted by molar-refractivity contribution is 5.28. The van der Waals surface area contributed by atoms with Gasteiger partial charge in [-0.1, -0.05) is 18.2 Å². The van der Waals surface area contributed by atoms with Crippen molar-refractivity contribution in [1.82, 2.24) is 5.32 Å². The van der Waals surface area contributed by atoms with Crippen molar-refractivity contribution in [1.29, 1.82) is 0 Å². The summed E-state index contributed by atoms with van der Waals surface area (Å²) in [7, 11) is 0. The minimum atomic E-state index is 0.700. The third-order valence-electron chi connectivity index (χ3n) is 2.57. The van der Waals surface area contributed by atoms with Gasteiger partial charge in [0.15, 0.2) is 0 Å². The Morgan fingerprint density at radius 3 is 3.17 bits per heavy atom. The van der Waals surface area contributed by atoms with Crippen molar-refractivity contribution in [3.8, 4) is 0 Å². The zero-order chi connectivity index (χ0) is 8.39. The van der Waals surface area contributed by atoms with Gasteiger partial charge in [0.1, 0.15) is 0 Å². The van der Waals surface area contributed by atoms with E-state index in [4.69, 9.17) is 0 Å². The Labute approximate surface area is 73.8 Å². The summed E-state index contributed by atoms with van der Waals surface area (Å²) in [6, 6.07) is 9.58. The van der Waals surface area contributed by atoms with Gasteiger partial charge in [-0.2, -0.15) is 0 Å². The van der Waals surface area contributed by atoms with Crippen molar-refractivity contribution < 1.29 is 0 Å².